The number of nitrogens with zero attached hydrogens (tertiary/aromatic N) is 2. The molecule has 7 heteroatoms. The van der Waals surface area contributed by atoms with Gasteiger partial charge in [-0.3, -0.25) is 9.69 Å². The molecule has 1 fully saturated rings. The normalized spacial score (nSPS) is 20.2. The van der Waals surface area contributed by atoms with Crippen molar-refractivity contribution in [3.8, 4) is 6.07 Å². The number of alkyl halides is 3. The highest BCUT2D eigenvalue weighted by atomic mass is 19.4. The fraction of sp³-hybridized carbons (Fsp3) is 0.364. The molecule has 0 bridgehead atoms. The number of halogens is 3. The minimum Gasteiger partial charge on any atom is -0.481 e. The summed E-state index contributed by atoms with van der Waals surface area (Å²) in [6.45, 7) is 1.78. The van der Waals surface area contributed by atoms with Gasteiger partial charge in [-0.2, -0.15) is 18.4 Å². The Kier molecular flexibility index (Phi) is 6.23. The third-order valence-electron chi connectivity index (χ3n) is 5.25. The fourth-order valence-electron chi connectivity index (χ4n) is 4.01. The van der Waals surface area contributed by atoms with Gasteiger partial charge in [0.05, 0.1) is 17.2 Å². The maximum Gasteiger partial charge on any atom is 0.416 e. The van der Waals surface area contributed by atoms with Gasteiger partial charge in [-0.25, -0.2) is 0 Å². The number of likely N-dealkylation sites (tertiary alicyclic amines) is 1. The van der Waals surface area contributed by atoms with Crippen molar-refractivity contribution in [3.05, 3.63) is 70.8 Å². The van der Waals surface area contributed by atoms with Crippen molar-refractivity contribution >= 4 is 5.97 Å². The number of hydrogen-bond acceptors (Lipinski definition) is 3. The molecule has 0 radical (unpaired) electrons. The average Bonchev–Trinajstić information content (AvgIpc) is 2.67. The first-order valence-electron chi connectivity index (χ1n) is 9.35. The molecule has 1 aliphatic heterocycles. The van der Waals surface area contributed by atoms with Crippen molar-refractivity contribution in [2.45, 2.75) is 31.5 Å². The first-order valence-corrected chi connectivity index (χ1v) is 9.35. The fourth-order valence-corrected chi connectivity index (χ4v) is 4.01. The predicted octanol–water partition coefficient (Wildman–Crippen LogP) is 4.66. The van der Waals surface area contributed by atoms with E-state index in [2.05, 4.69) is 11.0 Å². The number of aliphatic carboxylic acids is 1. The number of nitriles is 1. The second kappa shape index (κ2) is 8.66. The Morgan fingerprint density at radius 1 is 1.17 bits per heavy atom. The third kappa shape index (κ3) is 5.58. The zero-order chi connectivity index (χ0) is 21.0. The molecule has 1 saturated heterocycles. The van der Waals surface area contributed by atoms with E-state index in [1.54, 1.807) is 18.2 Å². The van der Waals surface area contributed by atoms with Gasteiger partial charge in [0.1, 0.15) is 0 Å². The van der Waals surface area contributed by atoms with Crippen LogP contribution in [0.15, 0.2) is 48.5 Å². The van der Waals surface area contributed by atoms with Crippen molar-refractivity contribution in [3.63, 3.8) is 0 Å². The van der Waals surface area contributed by atoms with Gasteiger partial charge in [-0.05, 0) is 53.6 Å². The maximum absolute atomic E-state index is 12.8. The number of rotatable bonds is 5. The van der Waals surface area contributed by atoms with Crippen LogP contribution in [0.2, 0.25) is 0 Å². The Morgan fingerprint density at radius 2 is 1.90 bits per heavy atom. The highest BCUT2D eigenvalue weighted by molar-refractivity contribution is 5.67. The molecule has 29 heavy (non-hydrogen) atoms. The first kappa shape index (κ1) is 20.9. The lowest BCUT2D eigenvalue weighted by molar-refractivity contribution is -0.139. The van der Waals surface area contributed by atoms with Gasteiger partial charge in [-0.1, -0.05) is 24.3 Å². The van der Waals surface area contributed by atoms with E-state index in [1.807, 2.05) is 6.07 Å². The summed E-state index contributed by atoms with van der Waals surface area (Å²) in [5, 5.41) is 18.3. The molecule has 3 rings (SSSR count). The van der Waals surface area contributed by atoms with Crippen molar-refractivity contribution in [2.24, 2.45) is 5.92 Å². The summed E-state index contributed by atoms with van der Waals surface area (Å²) in [6.07, 6.45) is -3.74. The van der Waals surface area contributed by atoms with Crippen LogP contribution in [0, 0.1) is 17.2 Å². The number of carbonyl (C=O) groups is 1. The molecule has 0 spiro atoms. The second-order valence-electron chi connectivity index (χ2n) is 7.52. The number of piperidine rings is 1. The number of carboxylic acid groups (broad SMARTS) is 1. The zero-order valence-corrected chi connectivity index (χ0v) is 15.7. The van der Waals surface area contributed by atoms with Crippen molar-refractivity contribution < 1.29 is 23.1 Å². The molecule has 2 unspecified atom stereocenters. The van der Waals surface area contributed by atoms with Gasteiger partial charge in [-0.15, -0.1) is 0 Å². The second-order valence-corrected chi connectivity index (χ2v) is 7.52. The Morgan fingerprint density at radius 3 is 2.52 bits per heavy atom. The minimum atomic E-state index is -4.38. The van der Waals surface area contributed by atoms with Gasteiger partial charge in [0.2, 0.25) is 0 Å². The summed E-state index contributed by atoms with van der Waals surface area (Å²) in [5.74, 6) is -1.02. The SMILES string of the molecule is N#Cc1cccc(CN2CC(CC(=O)O)CC(c3ccc(C(F)(F)F)cc3)C2)c1. The van der Waals surface area contributed by atoms with E-state index in [-0.39, 0.29) is 18.3 Å². The van der Waals surface area contributed by atoms with Gasteiger partial charge >= 0.3 is 12.1 Å². The van der Waals surface area contributed by atoms with Crippen molar-refractivity contribution in [1.29, 1.82) is 5.26 Å². The Bertz CT molecular complexity index is 904. The van der Waals surface area contributed by atoms with Gasteiger partial charge in [0.25, 0.3) is 0 Å². The summed E-state index contributed by atoms with van der Waals surface area (Å²) >= 11 is 0. The molecule has 2 aromatic carbocycles. The van der Waals surface area contributed by atoms with Gasteiger partial charge in [0, 0.05) is 26.1 Å². The molecule has 0 amide bonds. The monoisotopic (exact) mass is 402 g/mol. The molecule has 1 aliphatic rings. The third-order valence-corrected chi connectivity index (χ3v) is 5.25. The van der Waals surface area contributed by atoms with E-state index in [1.165, 1.54) is 12.1 Å². The molecule has 4 nitrogen and oxygen atoms in total. The first-order chi connectivity index (χ1) is 13.7. The lowest BCUT2D eigenvalue weighted by Crippen LogP contribution is -2.39. The van der Waals surface area contributed by atoms with Crippen LogP contribution >= 0.6 is 0 Å². The van der Waals surface area contributed by atoms with Crippen LogP contribution in [0.4, 0.5) is 13.2 Å². The molecule has 2 aromatic rings. The van der Waals surface area contributed by atoms with Crippen LogP contribution in [0.1, 0.15) is 41.0 Å². The summed E-state index contributed by atoms with van der Waals surface area (Å²) in [7, 11) is 0. The van der Waals surface area contributed by atoms with Gasteiger partial charge in [0.15, 0.2) is 0 Å². The Hall–Kier alpha value is -2.85. The molecule has 1 N–H and O–H groups in total. The highest BCUT2D eigenvalue weighted by Gasteiger charge is 2.32. The number of hydrogen-bond donors (Lipinski definition) is 1. The Balaban J connectivity index is 1.79. The van der Waals surface area contributed by atoms with Crippen LogP contribution in [-0.4, -0.2) is 29.1 Å². The van der Waals surface area contributed by atoms with Crippen molar-refractivity contribution in [1.82, 2.24) is 4.90 Å². The lowest BCUT2D eigenvalue weighted by Gasteiger charge is -2.38. The van der Waals surface area contributed by atoms with E-state index >= 15 is 0 Å². The molecular formula is C22H21F3N2O2. The van der Waals surface area contributed by atoms with Crippen LogP contribution < -0.4 is 0 Å². The zero-order valence-electron chi connectivity index (χ0n) is 15.7. The van der Waals surface area contributed by atoms with Crippen LogP contribution in [0.3, 0.4) is 0 Å². The lowest BCUT2D eigenvalue weighted by atomic mass is 9.82. The summed E-state index contributed by atoms with van der Waals surface area (Å²) in [5.41, 5.74) is 1.60. The minimum absolute atomic E-state index is 0.0197. The Labute approximate surface area is 167 Å². The molecule has 0 saturated carbocycles. The smallest absolute Gasteiger partial charge is 0.416 e. The molecular weight excluding hydrogens is 381 g/mol. The van der Waals surface area contributed by atoms with E-state index < -0.39 is 17.7 Å². The van der Waals surface area contributed by atoms with Crippen molar-refractivity contribution in [2.75, 3.05) is 13.1 Å². The van der Waals surface area contributed by atoms with Crippen LogP contribution in [-0.2, 0) is 17.5 Å². The largest absolute Gasteiger partial charge is 0.481 e. The van der Waals surface area contributed by atoms with E-state index in [0.717, 1.165) is 23.3 Å². The predicted molar refractivity (Wildman–Crippen MR) is 101 cm³/mol. The van der Waals surface area contributed by atoms with Crippen LogP contribution in [0.25, 0.3) is 0 Å². The highest BCUT2D eigenvalue weighted by Crippen LogP contribution is 2.35. The van der Waals surface area contributed by atoms with Gasteiger partial charge < -0.3 is 5.11 Å². The van der Waals surface area contributed by atoms with E-state index in [4.69, 9.17) is 5.26 Å². The summed E-state index contributed by atoms with van der Waals surface area (Å²) in [6, 6.07) is 14.5. The summed E-state index contributed by atoms with van der Waals surface area (Å²) in [4.78, 5) is 13.4. The molecule has 0 aromatic heterocycles. The summed E-state index contributed by atoms with van der Waals surface area (Å²) < 4.78 is 38.5. The molecule has 0 aliphatic carbocycles. The van der Waals surface area contributed by atoms with E-state index in [0.29, 0.717) is 31.6 Å². The maximum atomic E-state index is 12.8. The van der Waals surface area contributed by atoms with Crippen LogP contribution in [0.5, 0.6) is 0 Å². The quantitative estimate of drug-likeness (QED) is 0.790. The average molecular weight is 402 g/mol. The standard InChI is InChI=1S/C22H21F3N2O2/c23-22(24,25)20-6-4-18(5-7-20)19-9-17(10-21(28)29)13-27(14-19)12-16-3-1-2-15(8-16)11-26/h1-8,17,19H,9-10,12-14H2,(H,28,29). The molecule has 152 valence electrons. The molecule has 2 atom stereocenters. The topological polar surface area (TPSA) is 64.3 Å². The van der Waals surface area contributed by atoms with E-state index in [9.17, 15) is 23.1 Å². The number of benzene rings is 2. The molecule has 1 heterocycles. The number of carboxylic acids is 1.